The molecular formula is C13H13Cl2NO3. The van der Waals surface area contributed by atoms with E-state index >= 15 is 0 Å². The van der Waals surface area contributed by atoms with Gasteiger partial charge in [-0.2, -0.15) is 0 Å². The number of rotatable bonds is 5. The third-order valence-corrected chi connectivity index (χ3v) is 3.43. The maximum absolute atomic E-state index is 12.0. The Hall–Kier alpha value is -1.26. The van der Waals surface area contributed by atoms with Crippen molar-refractivity contribution in [2.45, 2.75) is 25.3 Å². The topological polar surface area (TPSA) is 66.4 Å². The minimum atomic E-state index is -1.02. The number of carboxylic acid groups (broad SMARTS) is 1. The van der Waals surface area contributed by atoms with Crippen molar-refractivity contribution in [2.24, 2.45) is 5.92 Å². The summed E-state index contributed by atoms with van der Waals surface area (Å²) in [5, 5.41) is 12.3. The van der Waals surface area contributed by atoms with Gasteiger partial charge in [-0.05, 0) is 30.5 Å². The minimum absolute atomic E-state index is 0.263. The monoisotopic (exact) mass is 301 g/mol. The van der Waals surface area contributed by atoms with E-state index in [2.05, 4.69) is 5.32 Å². The molecule has 6 heteroatoms. The second-order valence-corrected chi connectivity index (χ2v) is 5.57. The smallest absolute Gasteiger partial charge is 0.326 e. The van der Waals surface area contributed by atoms with Gasteiger partial charge in [0.2, 0.25) is 0 Å². The second-order valence-electron chi connectivity index (χ2n) is 4.70. The van der Waals surface area contributed by atoms with Gasteiger partial charge in [0.1, 0.15) is 6.04 Å². The predicted molar refractivity (Wildman–Crippen MR) is 72.7 cm³/mol. The molecule has 1 saturated carbocycles. The molecule has 1 aliphatic rings. The lowest BCUT2D eigenvalue weighted by Gasteiger charge is -2.14. The van der Waals surface area contributed by atoms with Gasteiger partial charge in [0.25, 0.3) is 5.91 Å². The molecule has 1 amide bonds. The summed E-state index contributed by atoms with van der Waals surface area (Å²) in [6, 6.07) is 3.56. The molecule has 0 aromatic heterocycles. The number of aliphatic carboxylic acids is 1. The van der Waals surface area contributed by atoms with Crippen molar-refractivity contribution in [1.29, 1.82) is 0 Å². The van der Waals surface area contributed by atoms with Crippen LogP contribution in [0.25, 0.3) is 0 Å². The van der Waals surface area contributed by atoms with Gasteiger partial charge < -0.3 is 10.4 Å². The lowest BCUT2D eigenvalue weighted by molar-refractivity contribution is -0.139. The van der Waals surface area contributed by atoms with Crippen molar-refractivity contribution >= 4 is 35.1 Å². The van der Waals surface area contributed by atoms with Crippen molar-refractivity contribution in [2.75, 3.05) is 0 Å². The molecule has 0 radical (unpaired) electrons. The molecular weight excluding hydrogens is 289 g/mol. The van der Waals surface area contributed by atoms with Crippen LogP contribution in [0.1, 0.15) is 29.6 Å². The minimum Gasteiger partial charge on any atom is -0.480 e. The molecule has 0 saturated heterocycles. The van der Waals surface area contributed by atoms with E-state index in [1.165, 1.54) is 18.2 Å². The second kappa shape index (κ2) is 5.80. The van der Waals surface area contributed by atoms with E-state index in [9.17, 15) is 9.59 Å². The summed E-state index contributed by atoms with van der Waals surface area (Å²) in [6.07, 6.45) is 2.53. The van der Waals surface area contributed by atoms with Gasteiger partial charge in [-0.25, -0.2) is 4.79 Å². The van der Waals surface area contributed by atoms with E-state index in [0.29, 0.717) is 22.4 Å². The van der Waals surface area contributed by atoms with Crippen LogP contribution in [0.15, 0.2) is 18.2 Å². The van der Waals surface area contributed by atoms with E-state index in [-0.39, 0.29) is 5.56 Å². The van der Waals surface area contributed by atoms with Gasteiger partial charge in [-0.3, -0.25) is 4.79 Å². The SMILES string of the molecule is O=C(N[C@@H](CC1CC1)C(=O)O)c1cc(Cl)cc(Cl)c1. The van der Waals surface area contributed by atoms with Gasteiger partial charge in [-0.15, -0.1) is 0 Å². The Morgan fingerprint density at radius 2 is 1.84 bits per heavy atom. The molecule has 1 aromatic carbocycles. The highest BCUT2D eigenvalue weighted by atomic mass is 35.5. The van der Waals surface area contributed by atoms with E-state index in [0.717, 1.165) is 12.8 Å². The Kier molecular flexibility index (Phi) is 4.32. The molecule has 2 N–H and O–H groups in total. The third-order valence-electron chi connectivity index (χ3n) is 2.99. The molecule has 1 fully saturated rings. The summed E-state index contributed by atoms with van der Waals surface area (Å²) < 4.78 is 0. The number of halogens is 2. The quantitative estimate of drug-likeness (QED) is 0.878. The summed E-state index contributed by atoms with van der Waals surface area (Å²) in [5.74, 6) is -1.09. The average Bonchev–Trinajstić information content (AvgIpc) is 3.10. The molecule has 1 aliphatic carbocycles. The Balaban J connectivity index is 2.07. The van der Waals surface area contributed by atoms with E-state index in [1.54, 1.807) is 0 Å². The van der Waals surface area contributed by atoms with Gasteiger partial charge >= 0.3 is 5.97 Å². The fourth-order valence-electron chi connectivity index (χ4n) is 1.83. The van der Waals surface area contributed by atoms with Crippen molar-refractivity contribution < 1.29 is 14.7 Å². The number of hydrogen-bond donors (Lipinski definition) is 2. The molecule has 0 bridgehead atoms. The summed E-state index contributed by atoms with van der Waals surface area (Å²) in [5.41, 5.74) is 0.263. The third kappa shape index (κ3) is 4.11. The van der Waals surface area contributed by atoms with E-state index in [1.807, 2.05) is 0 Å². The van der Waals surface area contributed by atoms with Crippen LogP contribution >= 0.6 is 23.2 Å². The van der Waals surface area contributed by atoms with Gasteiger partial charge in [0.15, 0.2) is 0 Å². The average molecular weight is 302 g/mol. The first-order valence-electron chi connectivity index (χ1n) is 5.95. The van der Waals surface area contributed by atoms with Crippen LogP contribution in [-0.4, -0.2) is 23.0 Å². The van der Waals surface area contributed by atoms with Crippen molar-refractivity contribution in [3.8, 4) is 0 Å². The van der Waals surface area contributed by atoms with Gasteiger partial charge in [-0.1, -0.05) is 36.0 Å². The highest BCUT2D eigenvalue weighted by Crippen LogP contribution is 2.33. The van der Waals surface area contributed by atoms with E-state index < -0.39 is 17.9 Å². The maximum atomic E-state index is 12.0. The number of carboxylic acids is 1. The summed E-state index contributed by atoms with van der Waals surface area (Å²) >= 11 is 11.6. The Morgan fingerprint density at radius 1 is 1.26 bits per heavy atom. The zero-order chi connectivity index (χ0) is 14.0. The Bertz CT molecular complexity index is 494. The van der Waals surface area contributed by atoms with Crippen molar-refractivity contribution in [3.63, 3.8) is 0 Å². The lowest BCUT2D eigenvalue weighted by atomic mass is 10.1. The molecule has 0 unspecified atom stereocenters. The normalized spacial score (nSPS) is 15.9. The summed E-state index contributed by atoms with van der Waals surface area (Å²) in [7, 11) is 0. The van der Waals surface area contributed by atoms with E-state index in [4.69, 9.17) is 28.3 Å². The van der Waals surface area contributed by atoms with Crippen LogP contribution in [0, 0.1) is 5.92 Å². The summed E-state index contributed by atoms with van der Waals surface area (Å²) in [6.45, 7) is 0. The van der Waals surface area contributed by atoms with Crippen LogP contribution in [-0.2, 0) is 4.79 Å². The highest BCUT2D eigenvalue weighted by molar-refractivity contribution is 6.35. The zero-order valence-electron chi connectivity index (χ0n) is 10.0. The molecule has 0 heterocycles. The van der Waals surface area contributed by atoms with Crippen molar-refractivity contribution in [3.05, 3.63) is 33.8 Å². The molecule has 4 nitrogen and oxygen atoms in total. The number of benzene rings is 1. The maximum Gasteiger partial charge on any atom is 0.326 e. The number of amides is 1. The summed E-state index contributed by atoms with van der Waals surface area (Å²) in [4.78, 5) is 23.1. The first-order valence-corrected chi connectivity index (χ1v) is 6.71. The molecule has 1 atom stereocenters. The first kappa shape index (κ1) is 14.2. The molecule has 2 rings (SSSR count). The van der Waals surface area contributed by atoms with Crippen LogP contribution in [0.4, 0.5) is 0 Å². The molecule has 102 valence electrons. The van der Waals surface area contributed by atoms with Gasteiger partial charge in [0.05, 0.1) is 0 Å². The highest BCUT2D eigenvalue weighted by Gasteiger charge is 2.30. The van der Waals surface area contributed by atoms with Crippen LogP contribution < -0.4 is 5.32 Å². The van der Waals surface area contributed by atoms with Crippen LogP contribution in [0.2, 0.25) is 10.0 Å². The standard InChI is InChI=1S/C13H13Cl2NO3/c14-9-4-8(5-10(15)6-9)12(17)16-11(13(18)19)3-7-1-2-7/h4-7,11H,1-3H2,(H,16,17)(H,18,19)/t11-/m0/s1. The first-order chi connectivity index (χ1) is 8.95. The largest absolute Gasteiger partial charge is 0.480 e. The molecule has 1 aromatic rings. The fourth-order valence-corrected chi connectivity index (χ4v) is 2.36. The van der Waals surface area contributed by atoms with Crippen molar-refractivity contribution in [1.82, 2.24) is 5.32 Å². The molecule has 0 spiro atoms. The lowest BCUT2D eigenvalue weighted by Crippen LogP contribution is -2.41. The number of hydrogen-bond acceptors (Lipinski definition) is 2. The Labute approximate surface area is 120 Å². The molecule has 0 aliphatic heterocycles. The van der Waals surface area contributed by atoms with Crippen LogP contribution in [0.5, 0.6) is 0 Å². The van der Waals surface area contributed by atoms with Gasteiger partial charge in [0, 0.05) is 15.6 Å². The zero-order valence-corrected chi connectivity index (χ0v) is 11.5. The predicted octanol–water partition coefficient (Wildman–Crippen LogP) is 2.98. The number of nitrogens with one attached hydrogen (secondary N) is 1. The number of carbonyl (C=O) groups excluding carboxylic acids is 1. The number of carbonyl (C=O) groups is 2. The Morgan fingerprint density at radius 3 is 2.32 bits per heavy atom. The fraction of sp³-hybridized carbons (Fsp3) is 0.385. The van der Waals surface area contributed by atoms with Crippen LogP contribution in [0.3, 0.4) is 0 Å². The molecule has 19 heavy (non-hydrogen) atoms.